The van der Waals surface area contributed by atoms with Crippen molar-refractivity contribution >= 4 is 0 Å². The molecule has 1 fully saturated rings. The minimum Gasteiger partial charge on any atom is -0.377 e. The predicted octanol–water partition coefficient (Wildman–Crippen LogP) is 1.43. The molecule has 0 spiro atoms. The molecule has 0 aromatic rings. The van der Waals surface area contributed by atoms with Crippen LogP contribution in [0, 0.1) is 5.92 Å². The van der Waals surface area contributed by atoms with Crippen molar-refractivity contribution in [3.8, 4) is 0 Å². The first-order valence-electron chi connectivity index (χ1n) is 5.35. The fraction of sp³-hybridized carbons (Fsp3) is 1.00. The third-order valence-electron chi connectivity index (χ3n) is 2.98. The molecule has 0 saturated carbocycles. The van der Waals surface area contributed by atoms with E-state index < -0.39 is 0 Å². The van der Waals surface area contributed by atoms with Crippen molar-refractivity contribution in [3.63, 3.8) is 0 Å². The van der Waals surface area contributed by atoms with E-state index in [0.29, 0.717) is 12.1 Å². The van der Waals surface area contributed by atoms with Crippen LogP contribution in [0.2, 0.25) is 0 Å². The highest BCUT2D eigenvalue weighted by Crippen LogP contribution is 2.20. The van der Waals surface area contributed by atoms with E-state index >= 15 is 0 Å². The lowest BCUT2D eigenvalue weighted by Gasteiger charge is -2.24. The Bertz CT molecular complexity index is 135. The number of hydrogen-bond donors (Lipinski definition) is 2. The maximum atomic E-state index is 5.61. The molecule has 0 amide bonds. The Morgan fingerprint density at radius 3 is 2.85 bits per heavy atom. The Hall–Kier alpha value is -0.120. The Morgan fingerprint density at radius 1 is 1.62 bits per heavy atom. The van der Waals surface area contributed by atoms with Crippen LogP contribution >= 0.6 is 0 Å². The van der Waals surface area contributed by atoms with E-state index in [4.69, 9.17) is 10.6 Å². The zero-order valence-corrected chi connectivity index (χ0v) is 8.75. The first-order valence-corrected chi connectivity index (χ1v) is 5.35. The summed E-state index contributed by atoms with van der Waals surface area (Å²) in [5.41, 5.74) is 2.88. The zero-order chi connectivity index (χ0) is 9.68. The first-order chi connectivity index (χ1) is 6.27. The van der Waals surface area contributed by atoms with Gasteiger partial charge in [-0.05, 0) is 25.2 Å². The summed E-state index contributed by atoms with van der Waals surface area (Å²) in [5, 5.41) is 0. The quantitative estimate of drug-likeness (QED) is 0.504. The highest BCUT2D eigenvalue weighted by Gasteiger charge is 2.25. The number of rotatable bonds is 5. The van der Waals surface area contributed by atoms with E-state index in [1.807, 2.05) is 0 Å². The lowest BCUT2D eigenvalue weighted by atomic mass is 9.95. The molecule has 0 radical (unpaired) electrons. The van der Waals surface area contributed by atoms with Gasteiger partial charge in [-0.3, -0.25) is 11.3 Å². The standard InChI is InChI=1S/C10H22N2O/c1-3-8(2)7-9(12-11)10-5-4-6-13-10/h8-10,12H,3-7,11H2,1-2H3. The Kier molecular flexibility index (Phi) is 4.70. The molecule has 1 aliphatic rings. The van der Waals surface area contributed by atoms with Crippen molar-refractivity contribution in [2.45, 2.75) is 51.7 Å². The van der Waals surface area contributed by atoms with E-state index in [9.17, 15) is 0 Å². The SMILES string of the molecule is CCC(C)CC(NN)C1CCCO1. The second-order valence-corrected chi connectivity index (χ2v) is 4.07. The van der Waals surface area contributed by atoms with Crippen LogP contribution in [-0.2, 0) is 4.74 Å². The van der Waals surface area contributed by atoms with Crippen LogP contribution in [-0.4, -0.2) is 18.8 Å². The van der Waals surface area contributed by atoms with Crippen LogP contribution in [0.15, 0.2) is 0 Å². The number of hydrogen-bond acceptors (Lipinski definition) is 3. The second kappa shape index (κ2) is 5.58. The molecule has 13 heavy (non-hydrogen) atoms. The van der Waals surface area contributed by atoms with Crippen molar-refractivity contribution in [2.75, 3.05) is 6.61 Å². The molecule has 78 valence electrons. The number of nitrogens with one attached hydrogen (secondary N) is 1. The molecule has 3 nitrogen and oxygen atoms in total. The molecular formula is C10H22N2O. The van der Waals surface area contributed by atoms with Gasteiger partial charge in [-0.25, -0.2) is 0 Å². The van der Waals surface area contributed by atoms with Crippen LogP contribution in [0.5, 0.6) is 0 Å². The van der Waals surface area contributed by atoms with Gasteiger partial charge in [0.05, 0.1) is 6.10 Å². The van der Waals surface area contributed by atoms with E-state index in [1.54, 1.807) is 0 Å². The summed E-state index contributed by atoms with van der Waals surface area (Å²) < 4.78 is 5.61. The normalized spacial score (nSPS) is 27.5. The van der Waals surface area contributed by atoms with Gasteiger partial charge in [0.1, 0.15) is 0 Å². The van der Waals surface area contributed by atoms with Gasteiger partial charge in [0.15, 0.2) is 0 Å². The number of hydrazine groups is 1. The summed E-state index contributed by atoms with van der Waals surface area (Å²) in [6.07, 6.45) is 5.02. The topological polar surface area (TPSA) is 47.3 Å². The van der Waals surface area contributed by atoms with Crippen LogP contribution in [0.3, 0.4) is 0 Å². The van der Waals surface area contributed by atoms with E-state index in [-0.39, 0.29) is 0 Å². The monoisotopic (exact) mass is 186 g/mol. The van der Waals surface area contributed by atoms with Crippen molar-refractivity contribution in [1.82, 2.24) is 5.43 Å². The second-order valence-electron chi connectivity index (χ2n) is 4.07. The molecule has 1 aliphatic heterocycles. The van der Waals surface area contributed by atoms with E-state index in [0.717, 1.165) is 25.4 Å². The summed E-state index contributed by atoms with van der Waals surface area (Å²) in [6, 6.07) is 0.345. The zero-order valence-electron chi connectivity index (χ0n) is 8.75. The van der Waals surface area contributed by atoms with Crippen LogP contribution in [0.4, 0.5) is 0 Å². The highest BCUT2D eigenvalue weighted by atomic mass is 16.5. The molecule has 1 rings (SSSR count). The smallest absolute Gasteiger partial charge is 0.0742 e. The minimum atomic E-state index is 0.345. The molecule has 0 aromatic carbocycles. The van der Waals surface area contributed by atoms with Gasteiger partial charge in [-0.2, -0.15) is 0 Å². The maximum absolute atomic E-state index is 5.61. The fourth-order valence-electron chi connectivity index (χ4n) is 1.85. The average Bonchev–Trinajstić information content (AvgIpc) is 2.66. The third kappa shape index (κ3) is 3.25. The Balaban J connectivity index is 2.32. The molecule has 0 aliphatic carbocycles. The average molecular weight is 186 g/mol. The fourth-order valence-corrected chi connectivity index (χ4v) is 1.85. The van der Waals surface area contributed by atoms with Gasteiger partial charge in [-0.15, -0.1) is 0 Å². The Morgan fingerprint density at radius 2 is 2.38 bits per heavy atom. The maximum Gasteiger partial charge on any atom is 0.0742 e. The molecule has 3 N–H and O–H groups in total. The highest BCUT2D eigenvalue weighted by molar-refractivity contribution is 4.79. The first kappa shape index (κ1) is 11.0. The van der Waals surface area contributed by atoms with Gasteiger partial charge >= 0.3 is 0 Å². The van der Waals surface area contributed by atoms with Crippen molar-refractivity contribution in [3.05, 3.63) is 0 Å². The lowest BCUT2D eigenvalue weighted by molar-refractivity contribution is 0.0704. The predicted molar refractivity (Wildman–Crippen MR) is 54.2 cm³/mol. The lowest BCUT2D eigenvalue weighted by Crippen LogP contribution is -2.44. The Labute approximate surface area is 81.0 Å². The summed E-state index contributed by atoms with van der Waals surface area (Å²) in [4.78, 5) is 0. The largest absolute Gasteiger partial charge is 0.377 e. The van der Waals surface area contributed by atoms with Crippen LogP contribution in [0.25, 0.3) is 0 Å². The summed E-state index contributed by atoms with van der Waals surface area (Å²) in [7, 11) is 0. The van der Waals surface area contributed by atoms with Gasteiger partial charge < -0.3 is 4.74 Å². The summed E-state index contributed by atoms with van der Waals surface area (Å²) in [6.45, 7) is 5.39. The van der Waals surface area contributed by atoms with Crippen molar-refractivity contribution in [2.24, 2.45) is 11.8 Å². The summed E-state index contributed by atoms with van der Waals surface area (Å²) in [5.74, 6) is 6.25. The molecule has 0 bridgehead atoms. The van der Waals surface area contributed by atoms with Gasteiger partial charge in [0, 0.05) is 12.6 Å². The molecule has 3 atom stereocenters. The van der Waals surface area contributed by atoms with Gasteiger partial charge in [0.25, 0.3) is 0 Å². The van der Waals surface area contributed by atoms with Crippen LogP contribution in [0.1, 0.15) is 39.5 Å². The third-order valence-corrected chi connectivity index (χ3v) is 2.98. The van der Waals surface area contributed by atoms with E-state index in [1.165, 1.54) is 12.8 Å². The van der Waals surface area contributed by atoms with E-state index in [2.05, 4.69) is 19.3 Å². The molecule has 1 saturated heterocycles. The van der Waals surface area contributed by atoms with Gasteiger partial charge in [-0.1, -0.05) is 20.3 Å². The number of ether oxygens (including phenoxy) is 1. The summed E-state index contributed by atoms with van der Waals surface area (Å²) >= 11 is 0. The van der Waals surface area contributed by atoms with Gasteiger partial charge in [0.2, 0.25) is 0 Å². The molecule has 3 heteroatoms. The number of nitrogens with two attached hydrogens (primary N) is 1. The van der Waals surface area contributed by atoms with Crippen molar-refractivity contribution < 1.29 is 4.74 Å². The molecule has 1 heterocycles. The van der Waals surface area contributed by atoms with Crippen LogP contribution < -0.4 is 11.3 Å². The molecular weight excluding hydrogens is 164 g/mol. The minimum absolute atomic E-state index is 0.345. The van der Waals surface area contributed by atoms with Crippen molar-refractivity contribution in [1.29, 1.82) is 0 Å². The molecule has 0 aromatic heterocycles. The molecule has 3 unspecified atom stereocenters.